The smallest absolute Gasteiger partial charge is 0.0945 e. The summed E-state index contributed by atoms with van der Waals surface area (Å²) in [7, 11) is 2.02. The van der Waals surface area contributed by atoms with Crippen LogP contribution in [0.1, 0.15) is 18.1 Å². The lowest BCUT2D eigenvalue weighted by Crippen LogP contribution is -2.26. The first kappa shape index (κ1) is 15.0. The van der Waals surface area contributed by atoms with Crippen molar-refractivity contribution in [2.75, 3.05) is 20.1 Å². The summed E-state index contributed by atoms with van der Waals surface area (Å²) in [6.07, 6.45) is 6.12. The molecule has 1 aromatic carbocycles. The maximum Gasteiger partial charge on any atom is 0.0945 e. The van der Waals surface area contributed by atoms with Crippen molar-refractivity contribution in [1.82, 2.24) is 14.5 Å². The van der Waals surface area contributed by atoms with E-state index in [4.69, 9.17) is 11.6 Å². The van der Waals surface area contributed by atoms with Crippen LogP contribution in [0, 0.1) is 0 Å². The fraction of sp³-hybridized carbons (Fsp3) is 0.400. The lowest BCUT2D eigenvalue weighted by Gasteiger charge is -2.20. The first-order chi connectivity index (χ1) is 9.65. The van der Waals surface area contributed by atoms with Gasteiger partial charge in [-0.3, -0.25) is 0 Å². The maximum atomic E-state index is 10.2. The van der Waals surface area contributed by atoms with Gasteiger partial charge in [0, 0.05) is 30.5 Å². The third-order valence-electron chi connectivity index (χ3n) is 3.25. The van der Waals surface area contributed by atoms with Crippen LogP contribution in [-0.4, -0.2) is 39.7 Å². The molecule has 0 saturated heterocycles. The molecule has 0 bridgehead atoms. The average Bonchev–Trinajstić information content (AvgIpc) is 2.92. The van der Waals surface area contributed by atoms with Crippen molar-refractivity contribution in [3.05, 3.63) is 53.6 Å². The van der Waals surface area contributed by atoms with Gasteiger partial charge in [-0.1, -0.05) is 23.7 Å². The molecule has 0 saturated carbocycles. The minimum Gasteiger partial charge on any atom is -0.387 e. The number of rotatable bonds is 7. The molecule has 0 aliphatic heterocycles. The quantitative estimate of drug-likeness (QED) is 0.853. The van der Waals surface area contributed by atoms with E-state index in [0.717, 1.165) is 25.1 Å². The lowest BCUT2D eigenvalue weighted by atomic mass is 10.1. The molecule has 0 fully saturated rings. The molecule has 0 aliphatic rings. The zero-order chi connectivity index (χ0) is 14.4. The second-order valence-corrected chi connectivity index (χ2v) is 5.42. The molecule has 20 heavy (non-hydrogen) atoms. The summed E-state index contributed by atoms with van der Waals surface area (Å²) < 4.78 is 2.06. The van der Waals surface area contributed by atoms with E-state index in [-0.39, 0.29) is 0 Å². The predicted molar refractivity (Wildman–Crippen MR) is 80.8 cm³/mol. The summed E-state index contributed by atoms with van der Waals surface area (Å²) >= 11 is 5.84. The molecule has 4 nitrogen and oxygen atoms in total. The highest BCUT2D eigenvalue weighted by Gasteiger charge is 2.10. The normalized spacial score (nSPS) is 12.8. The molecule has 108 valence electrons. The average molecular weight is 294 g/mol. The van der Waals surface area contributed by atoms with Gasteiger partial charge in [0.15, 0.2) is 0 Å². The zero-order valence-corrected chi connectivity index (χ0v) is 12.4. The van der Waals surface area contributed by atoms with Gasteiger partial charge in [0.1, 0.15) is 0 Å². The number of aromatic nitrogens is 2. The van der Waals surface area contributed by atoms with Crippen molar-refractivity contribution in [1.29, 1.82) is 0 Å². The molecule has 1 aromatic heterocycles. The van der Waals surface area contributed by atoms with E-state index in [2.05, 4.69) is 14.5 Å². The molecule has 1 atom stereocenters. The number of halogens is 1. The van der Waals surface area contributed by atoms with E-state index < -0.39 is 6.10 Å². The van der Waals surface area contributed by atoms with Gasteiger partial charge in [-0.2, -0.15) is 0 Å². The van der Waals surface area contributed by atoms with E-state index >= 15 is 0 Å². The minimum absolute atomic E-state index is 0.481. The number of imidazole rings is 1. The fourth-order valence-electron chi connectivity index (χ4n) is 2.12. The first-order valence-electron chi connectivity index (χ1n) is 6.73. The predicted octanol–water partition coefficient (Wildman–Crippen LogP) is 2.59. The van der Waals surface area contributed by atoms with Gasteiger partial charge < -0.3 is 14.6 Å². The topological polar surface area (TPSA) is 41.3 Å². The fourth-order valence-corrected chi connectivity index (χ4v) is 2.25. The highest BCUT2D eigenvalue weighted by atomic mass is 35.5. The molecule has 1 N–H and O–H groups in total. The maximum absolute atomic E-state index is 10.2. The largest absolute Gasteiger partial charge is 0.387 e. The number of benzene rings is 1. The number of aryl methyl sites for hydroxylation is 1. The molecular formula is C15H20ClN3O. The molecule has 2 rings (SSSR count). The van der Waals surface area contributed by atoms with Gasteiger partial charge in [-0.25, -0.2) is 4.98 Å². The van der Waals surface area contributed by atoms with Crippen molar-refractivity contribution in [2.24, 2.45) is 0 Å². The molecule has 0 spiro atoms. The summed E-state index contributed by atoms with van der Waals surface area (Å²) in [6, 6.07) is 7.34. The molecule has 1 heterocycles. The molecular weight excluding hydrogens is 274 g/mol. The molecule has 0 amide bonds. The summed E-state index contributed by atoms with van der Waals surface area (Å²) in [6.45, 7) is 2.50. The standard InChI is InChI=1S/C15H20ClN3O/c1-18(8-2-9-19-10-7-17-12-19)11-15(20)13-3-5-14(16)6-4-13/h3-7,10,12,15,20H,2,8-9,11H2,1H3. The Bertz CT molecular complexity index is 498. The van der Waals surface area contributed by atoms with E-state index in [9.17, 15) is 5.11 Å². The molecule has 0 aliphatic carbocycles. The number of hydrogen-bond donors (Lipinski definition) is 1. The lowest BCUT2D eigenvalue weighted by molar-refractivity contribution is 0.125. The number of aliphatic hydroxyl groups is 1. The van der Waals surface area contributed by atoms with Crippen molar-refractivity contribution < 1.29 is 5.11 Å². The second kappa shape index (κ2) is 7.43. The molecule has 5 heteroatoms. The summed E-state index contributed by atoms with van der Waals surface area (Å²) in [5.41, 5.74) is 0.899. The van der Waals surface area contributed by atoms with Gasteiger partial charge in [0.05, 0.1) is 12.4 Å². The highest BCUT2D eigenvalue weighted by molar-refractivity contribution is 6.30. The van der Waals surface area contributed by atoms with Gasteiger partial charge in [0.25, 0.3) is 0 Å². The van der Waals surface area contributed by atoms with Crippen LogP contribution in [0.4, 0.5) is 0 Å². The Morgan fingerprint density at radius 1 is 1.35 bits per heavy atom. The van der Waals surface area contributed by atoms with Crippen molar-refractivity contribution in [3.8, 4) is 0 Å². The van der Waals surface area contributed by atoms with Crippen LogP contribution in [0.15, 0.2) is 43.0 Å². The van der Waals surface area contributed by atoms with Crippen LogP contribution in [0.25, 0.3) is 0 Å². The highest BCUT2D eigenvalue weighted by Crippen LogP contribution is 2.17. The number of nitrogens with zero attached hydrogens (tertiary/aromatic N) is 3. The first-order valence-corrected chi connectivity index (χ1v) is 7.11. The van der Waals surface area contributed by atoms with Crippen molar-refractivity contribution in [2.45, 2.75) is 19.1 Å². The Labute approximate surface area is 124 Å². The van der Waals surface area contributed by atoms with Crippen LogP contribution in [-0.2, 0) is 6.54 Å². The second-order valence-electron chi connectivity index (χ2n) is 4.98. The van der Waals surface area contributed by atoms with E-state index in [1.807, 2.05) is 31.7 Å². The Morgan fingerprint density at radius 3 is 2.75 bits per heavy atom. The van der Waals surface area contributed by atoms with Crippen molar-refractivity contribution >= 4 is 11.6 Å². The van der Waals surface area contributed by atoms with Crippen LogP contribution >= 0.6 is 11.6 Å². The molecule has 2 aromatic rings. The van der Waals surface area contributed by atoms with Gasteiger partial charge in [0.2, 0.25) is 0 Å². The summed E-state index contributed by atoms with van der Waals surface area (Å²) in [4.78, 5) is 6.15. The van der Waals surface area contributed by atoms with E-state index in [1.165, 1.54) is 0 Å². The van der Waals surface area contributed by atoms with Crippen LogP contribution in [0.5, 0.6) is 0 Å². The van der Waals surface area contributed by atoms with Gasteiger partial charge >= 0.3 is 0 Å². The molecule has 0 radical (unpaired) electrons. The minimum atomic E-state index is -0.481. The SMILES string of the molecule is CN(CCCn1ccnc1)CC(O)c1ccc(Cl)cc1. The molecule has 1 unspecified atom stereocenters. The van der Waals surface area contributed by atoms with Gasteiger partial charge in [-0.05, 0) is 37.7 Å². The van der Waals surface area contributed by atoms with Gasteiger partial charge in [-0.15, -0.1) is 0 Å². The number of hydrogen-bond acceptors (Lipinski definition) is 3. The van der Waals surface area contributed by atoms with Crippen molar-refractivity contribution in [3.63, 3.8) is 0 Å². The third kappa shape index (κ3) is 4.63. The summed E-state index contributed by atoms with van der Waals surface area (Å²) in [5, 5.41) is 10.9. The van der Waals surface area contributed by atoms with Crippen LogP contribution < -0.4 is 0 Å². The zero-order valence-electron chi connectivity index (χ0n) is 11.6. The Kier molecular flexibility index (Phi) is 5.59. The van der Waals surface area contributed by atoms with Crippen LogP contribution in [0.2, 0.25) is 5.02 Å². The van der Waals surface area contributed by atoms with Crippen LogP contribution in [0.3, 0.4) is 0 Å². The Morgan fingerprint density at radius 2 is 2.10 bits per heavy atom. The number of likely N-dealkylation sites (N-methyl/N-ethyl adjacent to an activating group) is 1. The summed E-state index contributed by atoms with van der Waals surface area (Å²) in [5.74, 6) is 0. The Hall–Kier alpha value is -1.36. The third-order valence-corrected chi connectivity index (χ3v) is 3.51. The number of aliphatic hydroxyl groups excluding tert-OH is 1. The van der Waals surface area contributed by atoms with E-state index in [1.54, 1.807) is 18.3 Å². The van der Waals surface area contributed by atoms with E-state index in [0.29, 0.717) is 11.6 Å². The Balaban J connectivity index is 1.73. The monoisotopic (exact) mass is 293 g/mol.